The van der Waals surface area contributed by atoms with E-state index in [1.54, 1.807) is 35.4 Å². The van der Waals surface area contributed by atoms with Crippen LogP contribution in [0.2, 0.25) is 0 Å². The Bertz CT molecular complexity index is 1910. The Hall–Kier alpha value is -4.83. The van der Waals surface area contributed by atoms with E-state index in [0.717, 1.165) is 57.8 Å². The maximum Gasteiger partial charge on any atom is 0.264 e. The Labute approximate surface area is 285 Å². The van der Waals surface area contributed by atoms with Crippen LogP contribution in [-0.4, -0.2) is 99.4 Å². The first-order chi connectivity index (χ1) is 23.7. The minimum Gasteiger partial charge on any atom is -0.454 e. The molecule has 2 N–H and O–H groups in total. The Balaban J connectivity index is 1.11. The Morgan fingerprint density at radius 1 is 1.08 bits per heavy atom. The van der Waals surface area contributed by atoms with Crippen LogP contribution in [-0.2, 0) is 9.53 Å². The molecule has 3 saturated heterocycles. The standard InChI is InChI=1S/C37H41FN8O3/c1-37(2,45-17-15-43(16-18-45)28-23-48-24-28)20-26(21-39)36(47)44-14-6-7-27(22-44)46-31-12-13-41-35(40)33(31)34(42-46)25-10-11-32(30(38)19-25)49-29-8-4-3-5-9-29/h3-5,8-13,19-20,27-28H,6-7,14-18,22-24H2,1-2H3,(H2,40,41)/b26-20+/t27-/m1/s1. The number of likely N-dealkylation sites (tertiary alicyclic amines) is 1. The second-order valence-corrected chi connectivity index (χ2v) is 13.5. The van der Waals surface area contributed by atoms with Crippen molar-refractivity contribution < 1.29 is 18.7 Å². The van der Waals surface area contributed by atoms with Crippen LogP contribution in [0.25, 0.3) is 22.2 Å². The van der Waals surface area contributed by atoms with Gasteiger partial charge in [0, 0.05) is 56.6 Å². The summed E-state index contributed by atoms with van der Waals surface area (Å²) >= 11 is 0. The maximum atomic E-state index is 15.3. The van der Waals surface area contributed by atoms with Crippen molar-refractivity contribution in [3.8, 4) is 28.8 Å². The fourth-order valence-electron chi connectivity index (χ4n) is 7.13. The number of para-hydroxylation sites is 1. The summed E-state index contributed by atoms with van der Waals surface area (Å²) in [5, 5.41) is 15.7. The molecule has 1 amide bonds. The number of fused-ring (bicyclic) bond motifs is 1. The predicted molar refractivity (Wildman–Crippen MR) is 184 cm³/mol. The topological polar surface area (TPSA) is 126 Å². The highest BCUT2D eigenvalue weighted by Gasteiger charge is 2.35. The van der Waals surface area contributed by atoms with Crippen molar-refractivity contribution >= 4 is 22.6 Å². The van der Waals surface area contributed by atoms with Gasteiger partial charge < -0.3 is 20.1 Å². The number of carbonyl (C=O) groups is 1. The SMILES string of the molecule is CC(C)(/C=C(\C#N)C(=O)N1CCC[C@@H](n2nc(-c3ccc(Oc4ccccc4)c(F)c3)c3c(N)nccc32)C1)N1CCN(C2COC2)CC1. The van der Waals surface area contributed by atoms with Gasteiger partial charge in [-0.15, -0.1) is 0 Å². The van der Waals surface area contributed by atoms with Crippen LogP contribution < -0.4 is 10.5 Å². The third-order valence-corrected chi connectivity index (χ3v) is 9.97. The van der Waals surface area contributed by atoms with Crippen LogP contribution in [0, 0.1) is 17.1 Å². The summed E-state index contributed by atoms with van der Waals surface area (Å²) in [7, 11) is 0. The monoisotopic (exact) mass is 664 g/mol. The van der Waals surface area contributed by atoms with E-state index in [1.807, 2.05) is 35.0 Å². The fourth-order valence-corrected chi connectivity index (χ4v) is 7.13. The number of pyridine rings is 1. The molecule has 1 atom stereocenters. The van der Waals surface area contributed by atoms with Gasteiger partial charge in [-0.05, 0) is 69.2 Å². The first-order valence-corrected chi connectivity index (χ1v) is 16.9. The third-order valence-electron chi connectivity index (χ3n) is 9.97. The minimum absolute atomic E-state index is 0.0989. The zero-order valence-electron chi connectivity index (χ0n) is 27.9. The fraction of sp³-hybridized carbons (Fsp3) is 0.405. The zero-order chi connectivity index (χ0) is 34.1. The van der Waals surface area contributed by atoms with Gasteiger partial charge in [0.05, 0.1) is 36.2 Å². The second kappa shape index (κ2) is 13.6. The highest BCUT2D eigenvalue weighted by atomic mass is 19.1. The molecule has 4 aromatic rings. The normalized spacial score (nSPS) is 19.8. The summed E-state index contributed by atoms with van der Waals surface area (Å²) < 4.78 is 28.3. The molecule has 3 fully saturated rings. The molecule has 0 saturated carbocycles. The first-order valence-electron chi connectivity index (χ1n) is 16.9. The number of nitriles is 1. The Morgan fingerprint density at radius 2 is 1.86 bits per heavy atom. The first kappa shape index (κ1) is 32.7. The van der Waals surface area contributed by atoms with E-state index in [2.05, 4.69) is 34.7 Å². The minimum atomic E-state index is -0.533. The number of nitrogens with two attached hydrogens (primary N) is 1. The quantitative estimate of drug-likeness (QED) is 0.204. The van der Waals surface area contributed by atoms with Crippen LogP contribution in [0.3, 0.4) is 0 Å². The molecule has 7 rings (SSSR count). The molecule has 254 valence electrons. The highest BCUT2D eigenvalue weighted by Crippen LogP contribution is 2.37. The summed E-state index contributed by atoms with van der Waals surface area (Å²) in [6.07, 6.45) is 4.96. The molecular weight excluding hydrogens is 623 g/mol. The van der Waals surface area contributed by atoms with E-state index in [4.69, 9.17) is 20.3 Å². The number of rotatable bonds is 8. The van der Waals surface area contributed by atoms with E-state index < -0.39 is 11.4 Å². The number of ether oxygens (including phenoxy) is 2. The molecule has 11 nitrogen and oxygen atoms in total. The zero-order valence-corrected chi connectivity index (χ0v) is 27.9. The number of piperazine rings is 1. The molecular formula is C37H41FN8O3. The smallest absolute Gasteiger partial charge is 0.264 e. The summed E-state index contributed by atoms with van der Waals surface area (Å²) in [4.78, 5) is 24.7. The lowest BCUT2D eigenvalue weighted by Crippen LogP contribution is -2.59. The largest absolute Gasteiger partial charge is 0.454 e. The van der Waals surface area contributed by atoms with Gasteiger partial charge in [-0.1, -0.05) is 18.2 Å². The van der Waals surface area contributed by atoms with Crippen LogP contribution in [0.15, 0.2) is 72.4 Å². The van der Waals surface area contributed by atoms with Crippen molar-refractivity contribution in [1.29, 1.82) is 5.26 Å². The highest BCUT2D eigenvalue weighted by molar-refractivity contribution is 6.00. The third kappa shape index (κ3) is 6.62. The van der Waals surface area contributed by atoms with Crippen molar-refractivity contribution in [2.45, 2.75) is 44.3 Å². The molecule has 3 aliphatic heterocycles. The van der Waals surface area contributed by atoms with E-state index in [0.29, 0.717) is 41.5 Å². The van der Waals surface area contributed by atoms with Gasteiger partial charge in [-0.25, -0.2) is 9.37 Å². The van der Waals surface area contributed by atoms with Crippen molar-refractivity contribution in [2.24, 2.45) is 0 Å². The number of nitrogens with zero attached hydrogens (tertiary/aromatic N) is 7. The van der Waals surface area contributed by atoms with E-state index in [9.17, 15) is 10.1 Å². The number of hydrogen-bond donors (Lipinski definition) is 1. The van der Waals surface area contributed by atoms with E-state index in [1.165, 1.54) is 6.07 Å². The Kier molecular flexibility index (Phi) is 9.07. The van der Waals surface area contributed by atoms with Gasteiger partial charge in [0.15, 0.2) is 11.6 Å². The molecule has 0 unspecified atom stereocenters. The number of anilines is 1. The predicted octanol–water partition coefficient (Wildman–Crippen LogP) is 5.02. The van der Waals surface area contributed by atoms with Gasteiger partial charge in [0.1, 0.15) is 28.9 Å². The van der Waals surface area contributed by atoms with Gasteiger partial charge in [-0.3, -0.25) is 19.3 Å². The lowest BCUT2D eigenvalue weighted by molar-refractivity contribution is -0.128. The number of benzene rings is 2. The van der Waals surface area contributed by atoms with Crippen LogP contribution in [0.4, 0.5) is 10.2 Å². The van der Waals surface area contributed by atoms with Crippen LogP contribution in [0.5, 0.6) is 11.5 Å². The molecule has 0 radical (unpaired) electrons. The van der Waals surface area contributed by atoms with Crippen molar-refractivity contribution in [1.82, 2.24) is 29.5 Å². The summed E-state index contributed by atoms with van der Waals surface area (Å²) in [5.41, 5.74) is 7.85. The molecule has 3 aliphatic rings. The summed E-state index contributed by atoms with van der Waals surface area (Å²) in [6, 6.07) is 18.1. The number of halogens is 1. The molecule has 2 aromatic carbocycles. The molecule has 12 heteroatoms. The van der Waals surface area contributed by atoms with Gasteiger partial charge >= 0.3 is 0 Å². The van der Waals surface area contributed by atoms with Gasteiger partial charge in [0.2, 0.25) is 0 Å². The van der Waals surface area contributed by atoms with E-state index >= 15 is 4.39 Å². The lowest BCUT2D eigenvalue weighted by Gasteiger charge is -2.46. The molecule has 49 heavy (non-hydrogen) atoms. The number of nitrogen functional groups attached to an aromatic ring is 1. The van der Waals surface area contributed by atoms with E-state index in [-0.39, 0.29) is 29.1 Å². The van der Waals surface area contributed by atoms with Gasteiger partial charge in [-0.2, -0.15) is 10.4 Å². The second-order valence-electron chi connectivity index (χ2n) is 13.5. The van der Waals surface area contributed by atoms with Crippen molar-refractivity contribution in [3.05, 3.63) is 78.3 Å². The van der Waals surface area contributed by atoms with Crippen molar-refractivity contribution in [2.75, 3.05) is 58.2 Å². The maximum absolute atomic E-state index is 15.3. The average molecular weight is 665 g/mol. The molecule has 0 spiro atoms. The molecule has 0 bridgehead atoms. The summed E-state index contributed by atoms with van der Waals surface area (Å²) in [5.74, 6) is 0.103. The number of aromatic nitrogens is 3. The Morgan fingerprint density at radius 3 is 2.55 bits per heavy atom. The van der Waals surface area contributed by atoms with Crippen molar-refractivity contribution in [3.63, 3.8) is 0 Å². The average Bonchev–Trinajstić information content (AvgIpc) is 3.49. The number of amides is 1. The number of piperidine rings is 1. The van der Waals surface area contributed by atoms with Crippen LogP contribution in [0.1, 0.15) is 32.7 Å². The molecule has 5 heterocycles. The molecule has 2 aromatic heterocycles. The van der Waals surface area contributed by atoms with Gasteiger partial charge in [0.25, 0.3) is 5.91 Å². The lowest BCUT2D eigenvalue weighted by atomic mass is 9.96. The number of hydrogen-bond acceptors (Lipinski definition) is 9. The molecule has 0 aliphatic carbocycles. The number of carbonyl (C=O) groups excluding carboxylic acids is 1. The van der Waals surface area contributed by atoms with Crippen LogP contribution >= 0.6 is 0 Å². The summed E-state index contributed by atoms with van der Waals surface area (Å²) in [6.45, 7) is 10.2.